The molecule has 2 aromatic rings. The molecule has 0 saturated carbocycles. The van der Waals surface area contributed by atoms with Crippen LogP contribution in [-0.2, 0) is 9.59 Å². The highest BCUT2D eigenvalue weighted by atomic mass is 16.5. The average molecular weight is 400 g/mol. The van der Waals surface area contributed by atoms with Crippen molar-refractivity contribution in [3.8, 4) is 23.0 Å². The molecule has 0 saturated heterocycles. The smallest absolute Gasteiger partial charge is 0.248 e. The van der Waals surface area contributed by atoms with Crippen molar-refractivity contribution < 1.29 is 28.5 Å². The third-order valence-corrected chi connectivity index (χ3v) is 3.93. The molecule has 2 aromatic carbocycles. The van der Waals surface area contributed by atoms with Crippen LogP contribution >= 0.6 is 0 Å². The van der Waals surface area contributed by atoms with Crippen molar-refractivity contribution in [1.29, 1.82) is 0 Å². The fourth-order valence-corrected chi connectivity index (χ4v) is 2.61. The van der Waals surface area contributed by atoms with Gasteiger partial charge in [-0.05, 0) is 24.3 Å². The molecule has 0 unspecified atom stereocenters. The molecule has 0 bridgehead atoms. The van der Waals surface area contributed by atoms with Gasteiger partial charge in [-0.2, -0.15) is 0 Å². The molecule has 2 N–H and O–H groups in total. The summed E-state index contributed by atoms with van der Waals surface area (Å²) in [6.45, 7) is 1.39. The minimum atomic E-state index is -0.371. The summed E-state index contributed by atoms with van der Waals surface area (Å²) < 4.78 is 21.1. The number of amides is 2. The van der Waals surface area contributed by atoms with E-state index in [2.05, 4.69) is 10.6 Å². The molecular weight excluding hydrogens is 376 g/mol. The first-order valence-electron chi connectivity index (χ1n) is 8.66. The number of ether oxygens (including phenoxy) is 4. The molecule has 8 heteroatoms. The van der Waals surface area contributed by atoms with Crippen molar-refractivity contribution in [1.82, 2.24) is 0 Å². The maximum atomic E-state index is 12.4. The highest BCUT2D eigenvalue weighted by Gasteiger charge is 2.12. The molecule has 0 fully saturated rings. The van der Waals surface area contributed by atoms with Crippen LogP contribution in [-0.4, -0.2) is 40.3 Å². The second-order valence-corrected chi connectivity index (χ2v) is 5.86. The van der Waals surface area contributed by atoms with Crippen molar-refractivity contribution in [3.05, 3.63) is 42.0 Å². The van der Waals surface area contributed by atoms with Gasteiger partial charge >= 0.3 is 0 Å². The minimum Gasteiger partial charge on any atom is -0.496 e. The average Bonchev–Trinajstić information content (AvgIpc) is 2.71. The maximum absolute atomic E-state index is 12.4. The number of carbonyl (C=O) groups excluding carboxylic acids is 2. The monoisotopic (exact) mass is 400 g/mol. The second-order valence-electron chi connectivity index (χ2n) is 5.86. The standard InChI is InChI=1S/C21H24N2O6/c1-13(24)22-17-10-14(6-8-18(17)27-3)23-21(25)9-7-16-19(28-4)11-15(26-2)12-20(16)29-5/h6-12H,1-5H3,(H,22,24)(H,23,25)/b9-7+. The molecule has 2 amide bonds. The number of carbonyl (C=O) groups is 2. The van der Waals surface area contributed by atoms with E-state index in [0.717, 1.165) is 0 Å². The number of anilines is 2. The zero-order valence-corrected chi connectivity index (χ0v) is 17.0. The first-order chi connectivity index (χ1) is 13.9. The number of benzene rings is 2. The van der Waals surface area contributed by atoms with Crippen LogP contribution in [0.5, 0.6) is 23.0 Å². The fourth-order valence-electron chi connectivity index (χ4n) is 2.61. The predicted molar refractivity (Wildman–Crippen MR) is 111 cm³/mol. The third kappa shape index (κ3) is 5.65. The third-order valence-electron chi connectivity index (χ3n) is 3.93. The highest BCUT2D eigenvalue weighted by Crippen LogP contribution is 2.35. The normalized spacial score (nSPS) is 10.4. The van der Waals surface area contributed by atoms with Crippen molar-refractivity contribution in [2.45, 2.75) is 6.92 Å². The lowest BCUT2D eigenvalue weighted by Crippen LogP contribution is -2.10. The van der Waals surface area contributed by atoms with Crippen LogP contribution in [0.25, 0.3) is 6.08 Å². The van der Waals surface area contributed by atoms with Crippen molar-refractivity contribution >= 4 is 29.3 Å². The van der Waals surface area contributed by atoms with Crippen LogP contribution in [0.15, 0.2) is 36.4 Å². The molecule has 8 nitrogen and oxygen atoms in total. The maximum Gasteiger partial charge on any atom is 0.248 e. The van der Waals surface area contributed by atoms with E-state index < -0.39 is 0 Å². The molecule has 0 heterocycles. The van der Waals surface area contributed by atoms with Crippen LogP contribution in [0.1, 0.15) is 12.5 Å². The number of hydrogen-bond acceptors (Lipinski definition) is 6. The number of methoxy groups -OCH3 is 4. The molecule has 0 aromatic heterocycles. The summed E-state index contributed by atoms with van der Waals surface area (Å²) in [5.41, 5.74) is 1.55. The summed E-state index contributed by atoms with van der Waals surface area (Å²) in [4.78, 5) is 23.7. The summed E-state index contributed by atoms with van der Waals surface area (Å²) in [5.74, 6) is 1.45. The SMILES string of the molecule is COc1cc(OC)c(/C=C/C(=O)Nc2ccc(OC)c(NC(C)=O)c2)c(OC)c1. The molecule has 29 heavy (non-hydrogen) atoms. The van der Waals surface area contributed by atoms with Gasteiger partial charge < -0.3 is 29.6 Å². The van der Waals surface area contributed by atoms with Crippen molar-refractivity contribution in [2.75, 3.05) is 39.1 Å². The van der Waals surface area contributed by atoms with E-state index in [4.69, 9.17) is 18.9 Å². The molecular formula is C21H24N2O6. The first-order valence-corrected chi connectivity index (χ1v) is 8.66. The number of nitrogens with one attached hydrogen (secondary N) is 2. The minimum absolute atomic E-state index is 0.245. The van der Waals surface area contributed by atoms with Crippen LogP contribution in [0.4, 0.5) is 11.4 Å². The van der Waals surface area contributed by atoms with Crippen molar-refractivity contribution in [3.63, 3.8) is 0 Å². The Bertz CT molecular complexity index is 898. The van der Waals surface area contributed by atoms with Gasteiger partial charge in [0.2, 0.25) is 11.8 Å². The van der Waals surface area contributed by atoms with E-state index in [9.17, 15) is 9.59 Å². The van der Waals surface area contributed by atoms with Crippen LogP contribution in [0.3, 0.4) is 0 Å². The van der Waals surface area contributed by atoms with Gasteiger partial charge in [0.05, 0.1) is 39.7 Å². The van der Waals surface area contributed by atoms with E-state index in [-0.39, 0.29) is 11.8 Å². The fraction of sp³-hybridized carbons (Fsp3) is 0.238. The largest absolute Gasteiger partial charge is 0.496 e. The van der Waals surface area contributed by atoms with Gasteiger partial charge in [0.25, 0.3) is 0 Å². The molecule has 0 spiro atoms. The number of hydrogen-bond donors (Lipinski definition) is 2. The summed E-state index contributed by atoms with van der Waals surface area (Å²) in [6.07, 6.45) is 2.94. The second kappa shape index (κ2) is 10.0. The first kappa shape index (κ1) is 21.6. The molecule has 154 valence electrons. The number of rotatable bonds is 8. The van der Waals surface area contributed by atoms with E-state index in [1.807, 2.05) is 0 Å². The quantitative estimate of drug-likeness (QED) is 0.660. The Hall–Kier alpha value is -3.68. The van der Waals surface area contributed by atoms with Crippen molar-refractivity contribution in [2.24, 2.45) is 0 Å². The van der Waals surface area contributed by atoms with E-state index in [1.54, 1.807) is 43.5 Å². The van der Waals surface area contributed by atoms with Gasteiger partial charge in [-0.15, -0.1) is 0 Å². The van der Waals surface area contributed by atoms with E-state index >= 15 is 0 Å². The molecule has 0 radical (unpaired) electrons. The molecule has 0 aliphatic heterocycles. The molecule has 2 rings (SSSR count). The van der Waals surface area contributed by atoms with E-state index in [0.29, 0.717) is 39.9 Å². The Labute approximate surface area is 169 Å². The van der Waals surface area contributed by atoms with Crippen LogP contribution in [0.2, 0.25) is 0 Å². The predicted octanol–water partition coefficient (Wildman–Crippen LogP) is 3.33. The lowest BCUT2D eigenvalue weighted by Gasteiger charge is -2.13. The molecule has 0 aliphatic carbocycles. The van der Waals surface area contributed by atoms with Crippen LogP contribution in [0, 0.1) is 0 Å². The van der Waals surface area contributed by atoms with Crippen LogP contribution < -0.4 is 29.6 Å². The zero-order valence-electron chi connectivity index (χ0n) is 17.0. The Kier molecular flexibility index (Phi) is 7.47. The highest BCUT2D eigenvalue weighted by molar-refractivity contribution is 6.03. The Morgan fingerprint density at radius 1 is 0.828 bits per heavy atom. The van der Waals surface area contributed by atoms with Gasteiger partial charge in [-0.3, -0.25) is 9.59 Å². The Morgan fingerprint density at radius 2 is 1.45 bits per heavy atom. The van der Waals surface area contributed by atoms with E-state index in [1.165, 1.54) is 34.3 Å². The van der Waals surface area contributed by atoms with Gasteiger partial charge in [-0.1, -0.05) is 0 Å². The lowest BCUT2D eigenvalue weighted by molar-refractivity contribution is -0.114. The van der Waals surface area contributed by atoms with Gasteiger partial charge in [-0.25, -0.2) is 0 Å². The summed E-state index contributed by atoms with van der Waals surface area (Å²) in [7, 11) is 6.08. The molecule has 0 aliphatic rings. The molecule has 0 atom stereocenters. The summed E-state index contributed by atoms with van der Waals surface area (Å²) >= 11 is 0. The van der Waals surface area contributed by atoms with Gasteiger partial charge in [0.1, 0.15) is 23.0 Å². The Morgan fingerprint density at radius 3 is 1.97 bits per heavy atom. The summed E-state index contributed by atoms with van der Waals surface area (Å²) in [5, 5.41) is 5.39. The van der Waals surface area contributed by atoms with Gasteiger partial charge in [0, 0.05) is 30.8 Å². The summed E-state index contributed by atoms with van der Waals surface area (Å²) in [6, 6.07) is 8.33. The topological polar surface area (TPSA) is 95.1 Å². The zero-order chi connectivity index (χ0) is 21.4. The lowest BCUT2D eigenvalue weighted by atomic mass is 10.1. The Balaban J connectivity index is 2.23. The van der Waals surface area contributed by atoms with Gasteiger partial charge in [0.15, 0.2) is 0 Å².